The molecule has 0 fully saturated rings. The van der Waals surface area contributed by atoms with Crippen LogP contribution in [0.5, 0.6) is 0 Å². The number of benzene rings is 1. The Balaban J connectivity index is 1.76. The first-order valence-corrected chi connectivity index (χ1v) is 7.00. The van der Waals surface area contributed by atoms with E-state index in [0.29, 0.717) is 5.69 Å². The Morgan fingerprint density at radius 2 is 2.10 bits per heavy atom. The van der Waals surface area contributed by atoms with Crippen molar-refractivity contribution < 1.29 is 9.21 Å². The van der Waals surface area contributed by atoms with Crippen LogP contribution < -0.4 is 11.1 Å². The van der Waals surface area contributed by atoms with Crippen molar-refractivity contribution >= 4 is 17.7 Å². The Bertz CT molecular complexity index is 586. The van der Waals surface area contributed by atoms with Gasteiger partial charge in [0.1, 0.15) is 5.76 Å². The van der Waals surface area contributed by atoms with Gasteiger partial charge < -0.3 is 15.5 Å². The molecule has 21 heavy (non-hydrogen) atoms. The van der Waals surface area contributed by atoms with E-state index >= 15 is 0 Å². The van der Waals surface area contributed by atoms with Crippen LogP contribution in [0.2, 0.25) is 0 Å². The largest absolute Gasteiger partial charge is 0.469 e. The van der Waals surface area contributed by atoms with E-state index in [4.69, 9.17) is 10.2 Å². The fraction of sp³-hybridized carbons (Fsp3) is 0.235. The number of amides is 1. The van der Waals surface area contributed by atoms with Gasteiger partial charge in [-0.3, -0.25) is 4.79 Å². The van der Waals surface area contributed by atoms with Crippen molar-refractivity contribution in [2.45, 2.75) is 25.8 Å². The zero-order valence-corrected chi connectivity index (χ0v) is 12.1. The topological polar surface area (TPSA) is 68.3 Å². The molecule has 2 rings (SSSR count). The Morgan fingerprint density at radius 3 is 2.76 bits per heavy atom. The second kappa shape index (κ2) is 7.33. The molecule has 3 N–H and O–H groups in total. The molecule has 0 saturated carbocycles. The highest BCUT2D eigenvalue weighted by molar-refractivity contribution is 5.91. The van der Waals surface area contributed by atoms with E-state index in [0.717, 1.165) is 24.2 Å². The average Bonchev–Trinajstić information content (AvgIpc) is 2.98. The molecule has 0 radical (unpaired) electrons. The second-order valence-electron chi connectivity index (χ2n) is 5.03. The number of rotatable bonds is 6. The summed E-state index contributed by atoms with van der Waals surface area (Å²) in [6.07, 6.45) is 6.63. The van der Waals surface area contributed by atoms with Crippen LogP contribution >= 0.6 is 0 Å². The van der Waals surface area contributed by atoms with Crippen molar-refractivity contribution in [3.63, 3.8) is 0 Å². The first-order valence-electron chi connectivity index (χ1n) is 7.00. The van der Waals surface area contributed by atoms with Gasteiger partial charge in [-0.1, -0.05) is 12.1 Å². The number of hydrogen-bond donors (Lipinski definition) is 2. The fourth-order valence-electron chi connectivity index (χ4n) is 1.96. The summed E-state index contributed by atoms with van der Waals surface area (Å²) in [5.74, 6) is 0.840. The number of nitrogens with one attached hydrogen (secondary N) is 1. The summed E-state index contributed by atoms with van der Waals surface area (Å²) < 4.78 is 5.27. The number of hydrogen-bond acceptors (Lipinski definition) is 3. The van der Waals surface area contributed by atoms with Gasteiger partial charge in [0, 0.05) is 24.2 Å². The molecule has 4 nitrogen and oxygen atoms in total. The van der Waals surface area contributed by atoms with Crippen molar-refractivity contribution in [1.82, 2.24) is 5.32 Å². The van der Waals surface area contributed by atoms with Gasteiger partial charge in [-0.05, 0) is 49.2 Å². The minimum Gasteiger partial charge on any atom is -0.469 e. The third kappa shape index (κ3) is 5.18. The van der Waals surface area contributed by atoms with Crippen LogP contribution in [0.4, 0.5) is 5.69 Å². The monoisotopic (exact) mass is 284 g/mol. The minimum absolute atomic E-state index is 0.0960. The van der Waals surface area contributed by atoms with Crippen LogP contribution in [0.25, 0.3) is 6.08 Å². The van der Waals surface area contributed by atoms with Gasteiger partial charge in [0.15, 0.2) is 0 Å². The first-order chi connectivity index (χ1) is 10.1. The van der Waals surface area contributed by atoms with E-state index in [1.165, 1.54) is 6.08 Å². The summed E-state index contributed by atoms with van der Waals surface area (Å²) in [6.45, 7) is 1.98. The van der Waals surface area contributed by atoms with Crippen LogP contribution in [0.3, 0.4) is 0 Å². The summed E-state index contributed by atoms with van der Waals surface area (Å²) in [6, 6.07) is 11.3. The smallest absolute Gasteiger partial charge is 0.244 e. The fourth-order valence-corrected chi connectivity index (χ4v) is 1.96. The number of carbonyl (C=O) groups excluding carboxylic acids is 1. The lowest BCUT2D eigenvalue weighted by atomic mass is 10.1. The number of carbonyl (C=O) groups is 1. The van der Waals surface area contributed by atoms with Crippen LogP contribution in [0.1, 0.15) is 24.7 Å². The summed E-state index contributed by atoms with van der Waals surface area (Å²) in [7, 11) is 0. The highest BCUT2D eigenvalue weighted by Gasteiger charge is 2.06. The van der Waals surface area contributed by atoms with Gasteiger partial charge in [0.05, 0.1) is 6.26 Å². The van der Waals surface area contributed by atoms with E-state index in [1.54, 1.807) is 12.3 Å². The quantitative estimate of drug-likeness (QED) is 0.633. The average molecular weight is 284 g/mol. The molecule has 1 amide bonds. The van der Waals surface area contributed by atoms with E-state index in [1.807, 2.05) is 43.3 Å². The number of furan rings is 1. The molecular weight excluding hydrogens is 264 g/mol. The van der Waals surface area contributed by atoms with E-state index < -0.39 is 0 Å². The molecular formula is C17H20N2O2. The van der Waals surface area contributed by atoms with E-state index in [-0.39, 0.29) is 11.9 Å². The Morgan fingerprint density at radius 1 is 1.33 bits per heavy atom. The molecule has 1 aromatic carbocycles. The maximum atomic E-state index is 11.8. The molecule has 0 aliphatic rings. The normalized spacial score (nSPS) is 12.4. The molecule has 110 valence electrons. The highest BCUT2D eigenvalue weighted by atomic mass is 16.3. The van der Waals surface area contributed by atoms with Crippen molar-refractivity contribution in [2.24, 2.45) is 0 Å². The molecule has 4 heteroatoms. The van der Waals surface area contributed by atoms with Gasteiger partial charge in [-0.2, -0.15) is 0 Å². The third-order valence-corrected chi connectivity index (χ3v) is 3.16. The Kier molecular flexibility index (Phi) is 5.21. The minimum atomic E-state index is -0.0984. The van der Waals surface area contributed by atoms with Gasteiger partial charge in [-0.15, -0.1) is 0 Å². The Hall–Kier alpha value is -2.49. The molecule has 1 unspecified atom stereocenters. The zero-order valence-electron chi connectivity index (χ0n) is 12.1. The number of nitrogen functional groups attached to an aromatic ring is 1. The maximum Gasteiger partial charge on any atom is 0.244 e. The third-order valence-electron chi connectivity index (χ3n) is 3.16. The van der Waals surface area contributed by atoms with Gasteiger partial charge in [0.2, 0.25) is 5.91 Å². The summed E-state index contributed by atoms with van der Waals surface area (Å²) in [5.41, 5.74) is 7.27. The number of nitrogens with two attached hydrogens (primary N) is 1. The van der Waals surface area contributed by atoms with Crippen molar-refractivity contribution in [2.75, 3.05) is 5.73 Å². The van der Waals surface area contributed by atoms with Gasteiger partial charge in [0.25, 0.3) is 0 Å². The van der Waals surface area contributed by atoms with Crippen molar-refractivity contribution in [3.8, 4) is 0 Å². The molecule has 0 bridgehead atoms. The first kappa shape index (κ1) is 14.9. The van der Waals surface area contributed by atoms with Crippen LogP contribution in [0, 0.1) is 0 Å². The van der Waals surface area contributed by atoms with E-state index in [9.17, 15) is 4.79 Å². The Labute approximate surface area is 124 Å². The summed E-state index contributed by atoms with van der Waals surface area (Å²) in [4.78, 5) is 11.8. The predicted octanol–water partition coefficient (Wildman–Crippen LogP) is 3.01. The molecule has 2 aromatic rings. The zero-order chi connectivity index (χ0) is 15.1. The summed E-state index contributed by atoms with van der Waals surface area (Å²) in [5, 5.41) is 2.93. The molecule has 1 heterocycles. The van der Waals surface area contributed by atoms with Crippen LogP contribution in [0.15, 0.2) is 53.2 Å². The van der Waals surface area contributed by atoms with Crippen molar-refractivity contribution in [1.29, 1.82) is 0 Å². The molecule has 0 aliphatic carbocycles. The molecule has 0 aliphatic heterocycles. The van der Waals surface area contributed by atoms with Crippen LogP contribution in [-0.2, 0) is 11.2 Å². The second-order valence-corrected chi connectivity index (χ2v) is 5.03. The van der Waals surface area contributed by atoms with Crippen molar-refractivity contribution in [3.05, 3.63) is 60.1 Å². The summed E-state index contributed by atoms with van der Waals surface area (Å²) >= 11 is 0. The van der Waals surface area contributed by atoms with Gasteiger partial charge >= 0.3 is 0 Å². The number of anilines is 1. The lowest BCUT2D eigenvalue weighted by molar-refractivity contribution is -0.117. The van der Waals surface area contributed by atoms with E-state index in [2.05, 4.69) is 5.32 Å². The maximum absolute atomic E-state index is 11.8. The highest BCUT2D eigenvalue weighted by Crippen LogP contribution is 2.08. The SMILES string of the molecule is CC(CCc1ccco1)NC(=O)/C=C/c1ccc(N)cc1. The molecule has 0 saturated heterocycles. The standard InChI is InChI=1S/C17H20N2O2/c1-13(4-10-16-3-2-12-21-16)19-17(20)11-7-14-5-8-15(18)9-6-14/h2-3,5-9,11-13H,4,10,18H2,1H3,(H,19,20)/b11-7+. The predicted molar refractivity (Wildman–Crippen MR) is 84.5 cm³/mol. The van der Waals surface area contributed by atoms with Crippen LogP contribution in [-0.4, -0.2) is 11.9 Å². The van der Waals surface area contributed by atoms with Gasteiger partial charge in [-0.25, -0.2) is 0 Å². The lowest BCUT2D eigenvalue weighted by Gasteiger charge is -2.11. The molecule has 1 atom stereocenters. The number of aryl methyl sites for hydroxylation is 1. The molecule has 1 aromatic heterocycles. The molecule has 0 spiro atoms. The lowest BCUT2D eigenvalue weighted by Crippen LogP contribution is -2.31.